The topological polar surface area (TPSA) is 88.4 Å². The van der Waals surface area contributed by atoms with Crippen molar-refractivity contribution in [1.82, 2.24) is 9.88 Å². The van der Waals surface area contributed by atoms with Crippen LogP contribution in [0.2, 0.25) is 0 Å². The summed E-state index contributed by atoms with van der Waals surface area (Å²) < 4.78 is 1.60. The molecular weight excluding hydrogens is 296 g/mol. The number of pyridine rings is 1. The van der Waals surface area contributed by atoms with Gasteiger partial charge in [0.05, 0.1) is 0 Å². The number of carbonyl (C=O) groups excluding carboxylic acids is 1. The quantitative estimate of drug-likeness (QED) is 0.806. The van der Waals surface area contributed by atoms with Crippen LogP contribution in [-0.2, 0) is 11.3 Å². The molecule has 1 unspecified atom stereocenters. The molecule has 0 aliphatic carbocycles. The lowest BCUT2D eigenvalue weighted by atomic mass is 9.98. The smallest absolute Gasteiger partial charge is 0.329 e. The highest BCUT2D eigenvalue weighted by molar-refractivity contribution is 5.97. The Morgan fingerprint density at radius 2 is 1.91 bits per heavy atom. The molecule has 0 saturated carbocycles. The fourth-order valence-electron chi connectivity index (χ4n) is 2.25. The van der Waals surface area contributed by atoms with Crippen LogP contribution in [0, 0.1) is 13.8 Å². The summed E-state index contributed by atoms with van der Waals surface area (Å²) in [6.45, 7) is 9.38. The van der Waals surface area contributed by atoms with Crippen LogP contribution in [-0.4, -0.2) is 27.1 Å². The molecular formula is C17H26N2O4. The normalized spacial score (nSPS) is 13.4. The highest BCUT2D eigenvalue weighted by atomic mass is 16.4. The van der Waals surface area contributed by atoms with Crippen LogP contribution in [0.3, 0.4) is 0 Å². The summed E-state index contributed by atoms with van der Waals surface area (Å²) in [4.78, 5) is 36.4. The highest BCUT2D eigenvalue weighted by Crippen LogP contribution is 2.12. The summed E-state index contributed by atoms with van der Waals surface area (Å²) >= 11 is 0. The largest absolute Gasteiger partial charge is 0.480 e. The molecule has 1 atom stereocenters. The van der Waals surface area contributed by atoms with E-state index in [1.807, 2.05) is 20.8 Å². The summed E-state index contributed by atoms with van der Waals surface area (Å²) in [5.74, 6) is -1.77. The van der Waals surface area contributed by atoms with Crippen molar-refractivity contribution in [1.29, 1.82) is 0 Å². The van der Waals surface area contributed by atoms with Crippen molar-refractivity contribution >= 4 is 11.9 Å². The highest BCUT2D eigenvalue weighted by Gasteiger charge is 2.33. The average Bonchev–Trinajstić information content (AvgIpc) is 2.50. The maximum absolute atomic E-state index is 12.6. The van der Waals surface area contributed by atoms with Gasteiger partial charge in [-0.05, 0) is 45.2 Å². The van der Waals surface area contributed by atoms with E-state index in [1.54, 1.807) is 11.5 Å². The summed E-state index contributed by atoms with van der Waals surface area (Å²) in [5.41, 5.74) is -0.111. The zero-order chi connectivity index (χ0) is 17.8. The van der Waals surface area contributed by atoms with Gasteiger partial charge in [0.2, 0.25) is 0 Å². The Morgan fingerprint density at radius 1 is 1.30 bits per heavy atom. The number of carboxylic acids is 1. The monoisotopic (exact) mass is 322 g/mol. The SMILES string of the molecule is CCCCn1c(C)c(C)cc(C(=O)NC(C)(CC)C(=O)O)c1=O. The molecule has 1 aromatic rings. The van der Waals surface area contributed by atoms with Crippen LogP contribution in [0.4, 0.5) is 0 Å². The average molecular weight is 322 g/mol. The van der Waals surface area contributed by atoms with Gasteiger partial charge in [-0.1, -0.05) is 20.3 Å². The van der Waals surface area contributed by atoms with Crippen LogP contribution in [0.1, 0.15) is 61.6 Å². The molecule has 0 radical (unpaired) electrons. The Labute approximate surface area is 136 Å². The second kappa shape index (κ2) is 7.44. The van der Waals surface area contributed by atoms with Crippen LogP contribution >= 0.6 is 0 Å². The lowest BCUT2D eigenvalue weighted by molar-refractivity contribution is -0.143. The minimum absolute atomic E-state index is 0.00914. The summed E-state index contributed by atoms with van der Waals surface area (Å²) in [7, 11) is 0. The molecule has 0 spiro atoms. The number of amides is 1. The third-order valence-electron chi connectivity index (χ3n) is 4.36. The number of hydrogen-bond donors (Lipinski definition) is 2. The number of rotatable bonds is 7. The molecule has 0 fully saturated rings. The van der Waals surface area contributed by atoms with Crippen molar-refractivity contribution in [2.24, 2.45) is 0 Å². The van der Waals surface area contributed by atoms with E-state index in [0.717, 1.165) is 24.1 Å². The van der Waals surface area contributed by atoms with E-state index in [0.29, 0.717) is 6.54 Å². The van der Waals surface area contributed by atoms with E-state index in [1.165, 1.54) is 13.0 Å². The van der Waals surface area contributed by atoms with E-state index >= 15 is 0 Å². The molecule has 6 nitrogen and oxygen atoms in total. The van der Waals surface area contributed by atoms with Gasteiger partial charge in [-0.15, -0.1) is 0 Å². The van der Waals surface area contributed by atoms with Gasteiger partial charge >= 0.3 is 5.97 Å². The second-order valence-corrected chi connectivity index (χ2v) is 6.08. The number of nitrogens with one attached hydrogen (secondary N) is 1. The van der Waals surface area contributed by atoms with E-state index in [-0.39, 0.29) is 17.5 Å². The first-order chi connectivity index (χ1) is 10.7. The summed E-state index contributed by atoms with van der Waals surface area (Å²) in [5, 5.41) is 11.7. The van der Waals surface area contributed by atoms with E-state index in [9.17, 15) is 19.5 Å². The number of carbonyl (C=O) groups is 2. The van der Waals surface area contributed by atoms with Gasteiger partial charge in [0.15, 0.2) is 0 Å². The van der Waals surface area contributed by atoms with Gasteiger partial charge in [-0.2, -0.15) is 0 Å². The maximum Gasteiger partial charge on any atom is 0.329 e. The number of hydrogen-bond acceptors (Lipinski definition) is 3. The second-order valence-electron chi connectivity index (χ2n) is 6.08. The lowest BCUT2D eigenvalue weighted by Crippen LogP contribution is -2.52. The Bertz CT molecular complexity index is 663. The minimum Gasteiger partial charge on any atom is -0.480 e. The molecule has 0 bridgehead atoms. The zero-order valence-corrected chi connectivity index (χ0v) is 14.5. The fraction of sp³-hybridized carbons (Fsp3) is 0.588. The third kappa shape index (κ3) is 4.00. The van der Waals surface area contributed by atoms with Gasteiger partial charge in [-0.25, -0.2) is 4.79 Å². The van der Waals surface area contributed by atoms with Crippen LogP contribution in [0.25, 0.3) is 0 Å². The number of nitrogens with zero attached hydrogens (tertiary/aromatic N) is 1. The van der Waals surface area contributed by atoms with Gasteiger partial charge in [0.25, 0.3) is 11.5 Å². The van der Waals surface area contributed by atoms with Gasteiger partial charge in [0.1, 0.15) is 11.1 Å². The molecule has 1 heterocycles. The Hall–Kier alpha value is -2.11. The van der Waals surface area contributed by atoms with Crippen molar-refractivity contribution in [3.05, 3.63) is 33.2 Å². The van der Waals surface area contributed by atoms with E-state index in [4.69, 9.17) is 0 Å². The van der Waals surface area contributed by atoms with Crippen molar-refractivity contribution < 1.29 is 14.7 Å². The van der Waals surface area contributed by atoms with Crippen molar-refractivity contribution in [3.8, 4) is 0 Å². The number of carboxylic acid groups (broad SMARTS) is 1. The molecule has 128 valence electrons. The first-order valence-corrected chi connectivity index (χ1v) is 7.94. The van der Waals surface area contributed by atoms with Crippen LogP contribution in [0.5, 0.6) is 0 Å². The molecule has 1 amide bonds. The van der Waals surface area contributed by atoms with Gasteiger partial charge in [-0.3, -0.25) is 9.59 Å². The Kier molecular flexibility index (Phi) is 6.12. The molecule has 2 N–H and O–H groups in total. The van der Waals surface area contributed by atoms with E-state index < -0.39 is 17.4 Å². The van der Waals surface area contributed by atoms with Crippen molar-refractivity contribution in [2.45, 2.75) is 66.0 Å². The molecule has 0 aliphatic heterocycles. The minimum atomic E-state index is -1.39. The molecule has 6 heteroatoms. The first-order valence-electron chi connectivity index (χ1n) is 7.94. The molecule has 1 rings (SSSR count). The number of unbranched alkanes of at least 4 members (excludes halogenated alkanes) is 1. The number of aliphatic carboxylic acids is 1. The molecule has 0 aliphatic rings. The maximum atomic E-state index is 12.6. The summed E-state index contributed by atoms with van der Waals surface area (Å²) in [6.07, 6.45) is 2.00. The molecule has 1 aromatic heterocycles. The lowest BCUT2D eigenvalue weighted by Gasteiger charge is -2.25. The van der Waals surface area contributed by atoms with Crippen LogP contribution < -0.4 is 10.9 Å². The summed E-state index contributed by atoms with van der Waals surface area (Å²) in [6, 6.07) is 1.54. The molecule has 0 aromatic carbocycles. The predicted octanol–water partition coefficient (Wildman–Crippen LogP) is 2.25. The standard InChI is InChI=1S/C17H26N2O4/c1-6-8-9-19-12(4)11(3)10-13(15(19)21)14(20)18-17(5,7-2)16(22)23/h10H,6-9H2,1-5H3,(H,18,20)(H,22,23). The molecule has 0 saturated heterocycles. The van der Waals surface area contributed by atoms with Crippen molar-refractivity contribution in [3.63, 3.8) is 0 Å². The number of aryl methyl sites for hydroxylation is 1. The molecule has 23 heavy (non-hydrogen) atoms. The predicted molar refractivity (Wildman–Crippen MR) is 88.9 cm³/mol. The zero-order valence-electron chi connectivity index (χ0n) is 14.5. The van der Waals surface area contributed by atoms with Gasteiger partial charge < -0.3 is 15.0 Å². The fourth-order valence-corrected chi connectivity index (χ4v) is 2.25. The van der Waals surface area contributed by atoms with Crippen molar-refractivity contribution in [2.75, 3.05) is 0 Å². The Balaban J connectivity index is 3.27. The third-order valence-corrected chi connectivity index (χ3v) is 4.36. The van der Waals surface area contributed by atoms with Crippen LogP contribution in [0.15, 0.2) is 10.9 Å². The number of aromatic nitrogens is 1. The Morgan fingerprint density at radius 3 is 2.39 bits per heavy atom. The van der Waals surface area contributed by atoms with E-state index in [2.05, 4.69) is 5.32 Å². The van der Waals surface area contributed by atoms with Gasteiger partial charge in [0, 0.05) is 12.2 Å². The first kappa shape index (κ1) is 18.9.